The highest BCUT2D eigenvalue weighted by atomic mass is 32.2. The Hall–Kier alpha value is -3.36. The lowest BCUT2D eigenvalue weighted by Gasteiger charge is -2.33. The number of H-pyrrole nitrogens is 1. The van der Waals surface area contributed by atoms with E-state index in [1.54, 1.807) is 7.05 Å². The number of nitrogens with one attached hydrogen (secondary N) is 2. The number of hydrogen-bond acceptors (Lipinski definition) is 8. The maximum atomic E-state index is 14.4. The summed E-state index contributed by atoms with van der Waals surface area (Å²) in [5.41, 5.74) is -3.24. The molecule has 0 spiro atoms. The Morgan fingerprint density at radius 2 is 1.85 bits per heavy atom. The molecule has 4 rings (SSSR count). The molecule has 2 N–H and O–H groups in total. The van der Waals surface area contributed by atoms with Crippen LogP contribution in [0.1, 0.15) is 36.5 Å². The van der Waals surface area contributed by atoms with Gasteiger partial charge in [0.25, 0.3) is 5.56 Å². The third kappa shape index (κ3) is 6.14. The van der Waals surface area contributed by atoms with Gasteiger partial charge in [-0.05, 0) is 56.3 Å². The SMILES string of the molecule is CCS(=O)(=O)c1ccc(OC)cc1Cn1c(=O)[nH]c2c(OC)c(CN3CCC[C@H](NC)C3)c(C(F)(F)F)cc2c1=O. The zero-order valence-electron chi connectivity index (χ0n) is 23.2. The number of benzene rings is 2. The fourth-order valence-corrected chi connectivity index (χ4v) is 6.39. The van der Waals surface area contributed by atoms with Crippen LogP contribution in [0.4, 0.5) is 13.2 Å². The quantitative estimate of drug-likeness (QED) is 0.386. The van der Waals surface area contributed by atoms with Crippen molar-refractivity contribution in [2.75, 3.05) is 40.1 Å². The largest absolute Gasteiger partial charge is 0.497 e. The molecule has 41 heavy (non-hydrogen) atoms. The van der Waals surface area contributed by atoms with Crippen molar-refractivity contribution in [3.05, 3.63) is 61.8 Å². The summed E-state index contributed by atoms with van der Waals surface area (Å²) in [5, 5.41) is 2.75. The molecule has 2 aromatic carbocycles. The van der Waals surface area contributed by atoms with Gasteiger partial charge in [0.2, 0.25) is 0 Å². The van der Waals surface area contributed by atoms with Crippen LogP contribution in [0.5, 0.6) is 11.5 Å². The molecule has 0 aliphatic carbocycles. The summed E-state index contributed by atoms with van der Waals surface area (Å²) in [5.74, 6) is -0.196. The van der Waals surface area contributed by atoms with Gasteiger partial charge in [0.05, 0.1) is 47.9 Å². The molecule has 0 amide bonds. The first kappa shape index (κ1) is 30.6. The average Bonchev–Trinajstić information content (AvgIpc) is 2.94. The molecular weight excluding hydrogens is 565 g/mol. The number of piperidine rings is 1. The van der Waals surface area contributed by atoms with E-state index in [1.807, 2.05) is 4.90 Å². The Labute approximate surface area is 235 Å². The van der Waals surface area contributed by atoms with E-state index < -0.39 is 44.8 Å². The van der Waals surface area contributed by atoms with E-state index in [0.29, 0.717) is 17.7 Å². The molecule has 3 aromatic rings. The van der Waals surface area contributed by atoms with E-state index in [-0.39, 0.29) is 51.4 Å². The number of fused-ring (bicyclic) bond motifs is 1. The summed E-state index contributed by atoms with van der Waals surface area (Å²) in [6.45, 7) is 1.94. The monoisotopic (exact) mass is 598 g/mol. The topological polar surface area (TPSA) is 123 Å². The molecule has 0 radical (unpaired) electrons. The lowest BCUT2D eigenvalue weighted by Crippen LogP contribution is -2.44. The number of likely N-dealkylation sites (N-methyl/N-ethyl adjacent to an activating group) is 1. The second kappa shape index (κ2) is 11.9. The third-order valence-corrected chi connectivity index (χ3v) is 9.28. The van der Waals surface area contributed by atoms with Crippen LogP contribution >= 0.6 is 0 Å². The maximum absolute atomic E-state index is 14.4. The smallest absolute Gasteiger partial charge is 0.416 e. The number of halogens is 3. The van der Waals surface area contributed by atoms with Crippen molar-refractivity contribution in [1.29, 1.82) is 0 Å². The lowest BCUT2D eigenvalue weighted by atomic mass is 9.99. The van der Waals surface area contributed by atoms with Crippen molar-refractivity contribution in [3.8, 4) is 11.5 Å². The Morgan fingerprint density at radius 1 is 1.12 bits per heavy atom. The number of nitrogens with zero attached hydrogens (tertiary/aromatic N) is 2. The average molecular weight is 599 g/mol. The number of ether oxygens (including phenoxy) is 2. The van der Waals surface area contributed by atoms with Crippen molar-refractivity contribution < 1.29 is 31.1 Å². The molecule has 0 bridgehead atoms. The standard InChI is InChI=1S/C27H33F3N4O6S/c1-5-41(37,38)22-9-8-18(39-3)11-16(22)13-34-25(35)19-12-21(27(28,29)30)20(24(40-4)23(19)32-26(34)36)15-33-10-6-7-17(14-33)31-2/h8-9,11-12,17,31H,5-7,10,13-15H2,1-4H3,(H,32,36)/t17-/m0/s1. The van der Waals surface area contributed by atoms with Crippen molar-refractivity contribution in [2.45, 2.75) is 50.0 Å². The van der Waals surface area contributed by atoms with Crippen LogP contribution in [0.25, 0.3) is 10.9 Å². The summed E-state index contributed by atoms with van der Waals surface area (Å²) < 4.78 is 79.9. The van der Waals surface area contributed by atoms with Crippen LogP contribution in [-0.4, -0.2) is 69.0 Å². The van der Waals surface area contributed by atoms with Gasteiger partial charge in [-0.2, -0.15) is 13.2 Å². The number of alkyl halides is 3. The van der Waals surface area contributed by atoms with Gasteiger partial charge in [0.15, 0.2) is 9.84 Å². The first-order valence-corrected chi connectivity index (χ1v) is 14.7. The second-order valence-corrected chi connectivity index (χ2v) is 12.2. The van der Waals surface area contributed by atoms with Gasteiger partial charge in [-0.25, -0.2) is 13.2 Å². The summed E-state index contributed by atoms with van der Waals surface area (Å²) >= 11 is 0. The van der Waals surface area contributed by atoms with Gasteiger partial charge in [-0.1, -0.05) is 6.92 Å². The van der Waals surface area contributed by atoms with E-state index >= 15 is 0 Å². The lowest BCUT2D eigenvalue weighted by molar-refractivity contribution is -0.138. The van der Waals surface area contributed by atoms with E-state index in [2.05, 4.69) is 10.3 Å². The van der Waals surface area contributed by atoms with Gasteiger partial charge in [-0.15, -0.1) is 0 Å². The minimum absolute atomic E-state index is 0.0852. The zero-order valence-corrected chi connectivity index (χ0v) is 24.0. The van der Waals surface area contributed by atoms with Gasteiger partial charge in [0.1, 0.15) is 11.5 Å². The number of likely N-dealkylation sites (tertiary alicyclic amines) is 1. The normalized spacial score (nSPS) is 16.7. The summed E-state index contributed by atoms with van der Waals surface area (Å²) in [4.78, 5) is 31.1. The summed E-state index contributed by atoms with van der Waals surface area (Å²) in [6, 6.07) is 4.97. The molecule has 1 saturated heterocycles. The van der Waals surface area contributed by atoms with E-state index in [0.717, 1.165) is 18.9 Å². The predicted octanol–water partition coefficient (Wildman–Crippen LogP) is 2.75. The second-order valence-electron chi connectivity index (χ2n) is 9.92. The van der Waals surface area contributed by atoms with Crippen molar-refractivity contribution in [1.82, 2.24) is 19.8 Å². The molecule has 224 valence electrons. The van der Waals surface area contributed by atoms with E-state index in [1.165, 1.54) is 39.3 Å². The van der Waals surface area contributed by atoms with Crippen LogP contribution < -0.4 is 26.0 Å². The van der Waals surface area contributed by atoms with Crippen molar-refractivity contribution >= 4 is 20.7 Å². The highest BCUT2D eigenvalue weighted by Gasteiger charge is 2.37. The maximum Gasteiger partial charge on any atom is 0.416 e. The molecule has 1 aliphatic heterocycles. The number of hydrogen-bond donors (Lipinski definition) is 2. The third-order valence-electron chi connectivity index (χ3n) is 7.45. The molecule has 1 aliphatic rings. The summed E-state index contributed by atoms with van der Waals surface area (Å²) in [6.07, 6.45) is -3.13. The van der Waals surface area contributed by atoms with Crippen LogP contribution in [0.2, 0.25) is 0 Å². The molecule has 1 aromatic heterocycles. The highest BCUT2D eigenvalue weighted by molar-refractivity contribution is 7.91. The Morgan fingerprint density at radius 3 is 2.46 bits per heavy atom. The molecule has 10 nitrogen and oxygen atoms in total. The molecular formula is C27H33F3N4O6S. The van der Waals surface area contributed by atoms with Crippen LogP contribution in [0, 0.1) is 0 Å². The van der Waals surface area contributed by atoms with Gasteiger partial charge >= 0.3 is 11.9 Å². The van der Waals surface area contributed by atoms with Crippen LogP contribution in [0.15, 0.2) is 38.8 Å². The molecule has 0 unspecified atom stereocenters. The Balaban J connectivity index is 1.91. The van der Waals surface area contributed by atoms with Gasteiger partial charge in [0, 0.05) is 24.7 Å². The van der Waals surface area contributed by atoms with Gasteiger partial charge < -0.3 is 19.8 Å². The van der Waals surface area contributed by atoms with E-state index in [9.17, 15) is 31.2 Å². The van der Waals surface area contributed by atoms with Crippen molar-refractivity contribution in [3.63, 3.8) is 0 Å². The van der Waals surface area contributed by atoms with Gasteiger partial charge in [-0.3, -0.25) is 14.3 Å². The minimum atomic E-state index is -4.82. The first-order chi connectivity index (χ1) is 19.3. The number of sulfone groups is 1. The number of aromatic amines is 1. The van der Waals surface area contributed by atoms with E-state index in [4.69, 9.17) is 9.47 Å². The van der Waals surface area contributed by atoms with Crippen molar-refractivity contribution in [2.24, 2.45) is 0 Å². The number of aromatic nitrogens is 2. The molecule has 14 heteroatoms. The number of methoxy groups -OCH3 is 2. The minimum Gasteiger partial charge on any atom is -0.497 e. The summed E-state index contributed by atoms with van der Waals surface area (Å²) in [7, 11) is 0.590. The number of rotatable bonds is 9. The molecule has 0 saturated carbocycles. The predicted molar refractivity (Wildman–Crippen MR) is 148 cm³/mol. The molecule has 2 heterocycles. The zero-order chi connectivity index (χ0) is 30.1. The van der Waals surface area contributed by atoms with Crippen LogP contribution in [-0.2, 0) is 29.1 Å². The Bertz CT molecular complexity index is 1670. The first-order valence-electron chi connectivity index (χ1n) is 13.1. The fourth-order valence-electron chi connectivity index (χ4n) is 5.28. The molecule has 1 fully saturated rings. The fraction of sp³-hybridized carbons (Fsp3) is 0.481. The molecule has 1 atom stereocenters. The highest BCUT2D eigenvalue weighted by Crippen LogP contribution is 2.40. The van der Waals surface area contributed by atoms with Crippen LogP contribution in [0.3, 0.4) is 0 Å². The Kier molecular flexibility index (Phi) is 8.85.